The van der Waals surface area contributed by atoms with Crippen molar-refractivity contribution in [2.75, 3.05) is 47.4 Å². The summed E-state index contributed by atoms with van der Waals surface area (Å²) < 4.78 is 4.78. The van der Waals surface area contributed by atoms with Gasteiger partial charge in [0.1, 0.15) is 5.78 Å². The van der Waals surface area contributed by atoms with E-state index in [0.717, 1.165) is 19.5 Å². The lowest BCUT2D eigenvalue weighted by molar-refractivity contribution is -0.144. The first-order chi connectivity index (χ1) is 8.45. The zero-order valence-corrected chi connectivity index (χ0v) is 12.1. The summed E-state index contributed by atoms with van der Waals surface area (Å²) in [5.74, 6) is -0.198. The minimum atomic E-state index is -0.291. The zero-order chi connectivity index (χ0) is 14.0. The molecule has 0 aliphatic heterocycles. The third-order valence-electron chi connectivity index (χ3n) is 2.50. The number of carbonyl (C=O) groups is 2. The van der Waals surface area contributed by atoms with Crippen LogP contribution >= 0.6 is 0 Å². The summed E-state index contributed by atoms with van der Waals surface area (Å²) in [7, 11) is 5.99. The Morgan fingerprint density at radius 3 is 2.28 bits per heavy atom. The van der Waals surface area contributed by atoms with Crippen molar-refractivity contribution in [3.05, 3.63) is 0 Å². The van der Waals surface area contributed by atoms with E-state index >= 15 is 0 Å². The van der Waals surface area contributed by atoms with E-state index in [-0.39, 0.29) is 24.6 Å². The predicted molar refractivity (Wildman–Crippen MR) is 71.5 cm³/mol. The van der Waals surface area contributed by atoms with Crippen molar-refractivity contribution in [3.8, 4) is 0 Å². The highest BCUT2D eigenvalue weighted by molar-refractivity contribution is 5.84. The van der Waals surface area contributed by atoms with E-state index in [9.17, 15) is 9.59 Å². The molecule has 0 rings (SSSR count). The fourth-order valence-electron chi connectivity index (χ4n) is 1.59. The normalized spacial score (nSPS) is 11.0. The van der Waals surface area contributed by atoms with Gasteiger partial charge in [-0.3, -0.25) is 14.5 Å². The van der Waals surface area contributed by atoms with Crippen LogP contribution < -0.4 is 0 Å². The SMILES string of the molecule is CCOC(=O)CCC(=O)CN(C)CCCN(C)C. The first kappa shape index (κ1) is 17.1. The molecule has 0 saturated carbocycles. The minimum Gasteiger partial charge on any atom is -0.466 e. The van der Waals surface area contributed by atoms with Gasteiger partial charge in [0.05, 0.1) is 19.6 Å². The van der Waals surface area contributed by atoms with Crippen molar-refractivity contribution in [2.45, 2.75) is 26.2 Å². The van der Waals surface area contributed by atoms with Gasteiger partial charge in [0.25, 0.3) is 0 Å². The van der Waals surface area contributed by atoms with Crippen molar-refractivity contribution < 1.29 is 14.3 Å². The fourth-order valence-corrected chi connectivity index (χ4v) is 1.59. The molecule has 0 aromatic rings. The molecule has 0 heterocycles. The highest BCUT2D eigenvalue weighted by Gasteiger charge is 2.10. The van der Waals surface area contributed by atoms with Gasteiger partial charge in [0.15, 0.2) is 0 Å². The van der Waals surface area contributed by atoms with Gasteiger partial charge in [-0.25, -0.2) is 0 Å². The number of rotatable bonds is 10. The van der Waals surface area contributed by atoms with Crippen LogP contribution in [0.25, 0.3) is 0 Å². The molecule has 18 heavy (non-hydrogen) atoms. The van der Waals surface area contributed by atoms with Crippen LogP contribution in [0.4, 0.5) is 0 Å². The number of carbonyl (C=O) groups excluding carboxylic acids is 2. The quantitative estimate of drug-likeness (QED) is 0.542. The Labute approximate surface area is 110 Å². The van der Waals surface area contributed by atoms with Gasteiger partial charge in [0, 0.05) is 6.42 Å². The third-order valence-corrected chi connectivity index (χ3v) is 2.50. The Bertz CT molecular complexity index is 255. The molecular weight excluding hydrogens is 232 g/mol. The summed E-state index contributed by atoms with van der Waals surface area (Å²) in [6, 6.07) is 0. The molecule has 0 aromatic carbocycles. The van der Waals surface area contributed by atoms with Gasteiger partial charge in [0.2, 0.25) is 0 Å². The molecule has 0 aliphatic rings. The summed E-state index contributed by atoms with van der Waals surface area (Å²) in [6.45, 7) is 4.45. The van der Waals surface area contributed by atoms with E-state index < -0.39 is 0 Å². The molecule has 5 nitrogen and oxygen atoms in total. The Morgan fingerprint density at radius 1 is 1.06 bits per heavy atom. The average Bonchev–Trinajstić information content (AvgIpc) is 2.26. The maximum Gasteiger partial charge on any atom is 0.306 e. The molecule has 0 radical (unpaired) electrons. The van der Waals surface area contributed by atoms with Crippen molar-refractivity contribution in [1.29, 1.82) is 0 Å². The monoisotopic (exact) mass is 258 g/mol. The van der Waals surface area contributed by atoms with E-state index in [1.807, 2.05) is 26.0 Å². The molecule has 0 aliphatic carbocycles. The molecule has 0 unspecified atom stereocenters. The molecule has 0 aromatic heterocycles. The summed E-state index contributed by atoms with van der Waals surface area (Å²) in [5, 5.41) is 0. The van der Waals surface area contributed by atoms with Gasteiger partial charge in [-0.2, -0.15) is 0 Å². The van der Waals surface area contributed by atoms with Gasteiger partial charge in [-0.15, -0.1) is 0 Å². The van der Waals surface area contributed by atoms with E-state index in [1.165, 1.54) is 0 Å². The average molecular weight is 258 g/mol. The van der Waals surface area contributed by atoms with Crippen LogP contribution in [0.15, 0.2) is 0 Å². The number of hydrogen-bond donors (Lipinski definition) is 0. The summed E-state index contributed by atoms with van der Waals surface area (Å²) >= 11 is 0. The maximum atomic E-state index is 11.6. The molecule has 0 bridgehead atoms. The minimum absolute atomic E-state index is 0.0930. The number of Topliss-reactive ketones (excluding diaryl/α,β-unsaturated/α-hetero) is 1. The fraction of sp³-hybridized carbons (Fsp3) is 0.846. The molecule has 0 spiro atoms. The van der Waals surface area contributed by atoms with Crippen LogP contribution in [0.2, 0.25) is 0 Å². The number of ketones is 1. The van der Waals surface area contributed by atoms with Gasteiger partial charge in [-0.1, -0.05) is 0 Å². The van der Waals surface area contributed by atoms with Crippen molar-refractivity contribution in [1.82, 2.24) is 9.80 Å². The second kappa shape index (κ2) is 10.0. The predicted octanol–water partition coefficient (Wildman–Crippen LogP) is 0.782. The number of nitrogens with zero attached hydrogens (tertiary/aromatic N) is 2. The first-order valence-corrected chi connectivity index (χ1v) is 6.46. The maximum absolute atomic E-state index is 11.6. The van der Waals surface area contributed by atoms with Crippen LogP contribution in [-0.4, -0.2) is 68.9 Å². The first-order valence-electron chi connectivity index (χ1n) is 6.46. The molecule has 106 valence electrons. The van der Waals surface area contributed by atoms with Crippen molar-refractivity contribution in [3.63, 3.8) is 0 Å². The summed E-state index contributed by atoms with van der Waals surface area (Å²) in [6.07, 6.45) is 1.50. The molecule has 0 fully saturated rings. The Morgan fingerprint density at radius 2 is 1.72 bits per heavy atom. The van der Waals surface area contributed by atoms with Crippen LogP contribution in [0, 0.1) is 0 Å². The zero-order valence-electron chi connectivity index (χ0n) is 12.1. The lowest BCUT2D eigenvalue weighted by Gasteiger charge is -2.17. The number of ether oxygens (including phenoxy) is 1. The second-order valence-corrected chi connectivity index (χ2v) is 4.74. The van der Waals surface area contributed by atoms with Crippen LogP contribution in [0.1, 0.15) is 26.2 Å². The highest BCUT2D eigenvalue weighted by Crippen LogP contribution is 1.97. The third kappa shape index (κ3) is 10.2. The summed E-state index contributed by atoms with van der Waals surface area (Å²) in [5.41, 5.74) is 0. The molecular formula is C13H26N2O3. The van der Waals surface area contributed by atoms with Crippen LogP contribution in [0.5, 0.6) is 0 Å². The van der Waals surface area contributed by atoms with Crippen molar-refractivity contribution in [2.24, 2.45) is 0 Å². The second-order valence-electron chi connectivity index (χ2n) is 4.74. The molecule has 0 saturated heterocycles. The lowest BCUT2D eigenvalue weighted by atomic mass is 10.2. The van der Waals surface area contributed by atoms with E-state index in [2.05, 4.69) is 4.90 Å². The standard InChI is InChI=1S/C13H26N2O3/c1-5-18-13(17)8-7-12(16)11-15(4)10-6-9-14(2)3/h5-11H2,1-4H3. The molecule has 0 N–H and O–H groups in total. The number of likely N-dealkylation sites (N-methyl/N-ethyl adjacent to an activating group) is 1. The van der Waals surface area contributed by atoms with Gasteiger partial charge in [-0.05, 0) is 47.6 Å². The number of esters is 1. The Balaban J connectivity index is 3.64. The largest absolute Gasteiger partial charge is 0.466 e. The molecule has 0 atom stereocenters. The number of hydrogen-bond acceptors (Lipinski definition) is 5. The smallest absolute Gasteiger partial charge is 0.306 e. The Kier molecular flexibility index (Phi) is 9.50. The van der Waals surface area contributed by atoms with Gasteiger partial charge >= 0.3 is 5.97 Å². The van der Waals surface area contributed by atoms with E-state index in [1.54, 1.807) is 6.92 Å². The highest BCUT2D eigenvalue weighted by atomic mass is 16.5. The molecule has 5 heteroatoms. The van der Waals surface area contributed by atoms with Gasteiger partial charge < -0.3 is 9.64 Å². The Hall–Kier alpha value is -0.940. The molecule has 0 amide bonds. The lowest BCUT2D eigenvalue weighted by Crippen LogP contribution is -2.29. The summed E-state index contributed by atoms with van der Waals surface area (Å²) in [4.78, 5) is 26.8. The van der Waals surface area contributed by atoms with E-state index in [4.69, 9.17) is 4.74 Å². The van der Waals surface area contributed by atoms with Crippen LogP contribution in [0.3, 0.4) is 0 Å². The van der Waals surface area contributed by atoms with Crippen molar-refractivity contribution >= 4 is 11.8 Å². The van der Waals surface area contributed by atoms with E-state index in [0.29, 0.717) is 13.2 Å². The van der Waals surface area contributed by atoms with Crippen LogP contribution in [-0.2, 0) is 14.3 Å². The topological polar surface area (TPSA) is 49.9 Å².